The number of rotatable bonds is 11. The van der Waals surface area contributed by atoms with Crippen molar-refractivity contribution in [2.75, 3.05) is 37.7 Å². The number of aliphatic hydroxyl groups is 1. The molecule has 46 heavy (non-hydrogen) atoms. The van der Waals surface area contributed by atoms with Crippen molar-refractivity contribution in [2.45, 2.75) is 69.7 Å². The largest absolute Gasteiger partial charge is 0.494 e. The van der Waals surface area contributed by atoms with Crippen molar-refractivity contribution in [1.82, 2.24) is 9.80 Å². The summed E-state index contributed by atoms with van der Waals surface area (Å²) in [5.41, 5.74) is -0.872. The molecule has 0 bridgehead atoms. The molecule has 0 saturated carbocycles. The third-order valence-electron chi connectivity index (χ3n) is 9.99. The lowest BCUT2D eigenvalue weighted by Gasteiger charge is -2.40. The molecule has 3 amide bonds. The topological polar surface area (TPSA) is 99.6 Å². The standard InChI is InChI=1S/C37H45N3O6/c1-4-6-10-21-38-22-12-20-37-31(34(43)40(32(37)35(38)44)28(25-41)24-26-13-8-7-9-14-26)30-33(42)39(23-11-19-36(30,3)46-37)27-15-17-29(18-16-27)45-5-2/h7-9,11-20,28,30-32,41H,4-6,10,21-25H2,1-3H3/t28-,30-,31+,32?,36+,37+/m1/s1. The molecular formula is C37H45N3O6. The van der Waals surface area contributed by atoms with Gasteiger partial charge >= 0.3 is 0 Å². The van der Waals surface area contributed by atoms with Crippen LogP contribution in [-0.2, 0) is 25.5 Å². The number of hydrogen-bond acceptors (Lipinski definition) is 6. The van der Waals surface area contributed by atoms with Crippen LogP contribution in [0.4, 0.5) is 5.69 Å². The van der Waals surface area contributed by atoms with Crippen molar-refractivity contribution >= 4 is 23.4 Å². The van der Waals surface area contributed by atoms with E-state index < -0.39 is 35.1 Å². The van der Waals surface area contributed by atoms with Gasteiger partial charge in [-0.25, -0.2) is 0 Å². The Balaban J connectivity index is 1.43. The van der Waals surface area contributed by atoms with Crippen molar-refractivity contribution in [2.24, 2.45) is 11.8 Å². The average molecular weight is 628 g/mol. The molecule has 2 aromatic carbocycles. The van der Waals surface area contributed by atoms with Crippen LogP contribution in [0.3, 0.4) is 0 Å². The highest BCUT2D eigenvalue weighted by molar-refractivity contribution is 6.04. The average Bonchev–Trinajstić information content (AvgIpc) is 3.33. The lowest BCUT2D eigenvalue weighted by molar-refractivity contribution is -0.154. The van der Waals surface area contributed by atoms with Crippen LogP contribution in [0, 0.1) is 11.8 Å². The molecule has 0 radical (unpaired) electrons. The highest BCUT2D eigenvalue weighted by Crippen LogP contribution is 2.58. The molecule has 9 heteroatoms. The molecule has 4 aliphatic rings. The van der Waals surface area contributed by atoms with Gasteiger partial charge in [0.05, 0.1) is 36.7 Å². The Morgan fingerprint density at radius 1 is 0.913 bits per heavy atom. The summed E-state index contributed by atoms with van der Waals surface area (Å²) >= 11 is 0. The molecule has 1 N–H and O–H groups in total. The Bertz CT molecular complexity index is 1490. The van der Waals surface area contributed by atoms with Crippen LogP contribution < -0.4 is 9.64 Å². The minimum absolute atomic E-state index is 0.205. The van der Waals surface area contributed by atoms with Gasteiger partial charge in [0.2, 0.25) is 17.7 Å². The number of benzene rings is 2. The first-order valence-electron chi connectivity index (χ1n) is 16.6. The summed E-state index contributed by atoms with van der Waals surface area (Å²) in [6.45, 7) is 7.36. The molecule has 0 aliphatic carbocycles. The van der Waals surface area contributed by atoms with Crippen LogP contribution in [0.5, 0.6) is 5.75 Å². The number of ether oxygens (including phenoxy) is 2. The summed E-state index contributed by atoms with van der Waals surface area (Å²) in [7, 11) is 0. The highest BCUT2D eigenvalue weighted by atomic mass is 16.5. The molecule has 4 heterocycles. The van der Waals surface area contributed by atoms with Crippen LogP contribution >= 0.6 is 0 Å². The molecule has 4 aliphatic heterocycles. The number of hydrogen-bond donors (Lipinski definition) is 1. The number of amides is 3. The number of carbonyl (C=O) groups excluding carboxylic acids is 3. The summed E-state index contributed by atoms with van der Waals surface area (Å²) in [5.74, 6) is -1.91. The number of unbranched alkanes of at least 4 members (excludes halogenated alkanes) is 2. The van der Waals surface area contributed by atoms with Crippen molar-refractivity contribution in [3.63, 3.8) is 0 Å². The minimum Gasteiger partial charge on any atom is -0.494 e. The second-order valence-electron chi connectivity index (χ2n) is 12.9. The molecule has 1 spiro atoms. The zero-order valence-corrected chi connectivity index (χ0v) is 27.0. The second-order valence-corrected chi connectivity index (χ2v) is 12.9. The SMILES string of the molecule is CCCCCN1CC=C[C@]23O[C@@]4(C)C=CCN(c5ccc(OCC)cc5)C(=O)[C@H]4[C@H]2C(=O)N([C@@H](CO)Cc2ccccc2)C3C1=O. The molecule has 0 aromatic heterocycles. The maximum atomic E-state index is 14.9. The van der Waals surface area contributed by atoms with E-state index in [4.69, 9.17) is 9.47 Å². The van der Waals surface area contributed by atoms with E-state index in [2.05, 4.69) is 6.92 Å². The fourth-order valence-corrected chi connectivity index (χ4v) is 7.91. The fraction of sp³-hybridized carbons (Fsp3) is 0.486. The van der Waals surface area contributed by atoms with Gasteiger partial charge in [-0.3, -0.25) is 14.4 Å². The van der Waals surface area contributed by atoms with Gasteiger partial charge in [0.1, 0.15) is 17.4 Å². The number of likely N-dealkylation sites (tertiary alicyclic amines) is 1. The van der Waals surface area contributed by atoms with Crippen LogP contribution in [0.2, 0.25) is 0 Å². The summed E-state index contributed by atoms with van der Waals surface area (Å²) in [4.78, 5) is 49.2. The first-order valence-corrected chi connectivity index (χ1v) is 16.6. The van der Waals surface area contributed by atoms with E-state index in [9.17, 15) is 19.5 Å². The summed E-state index contributed by atoms with van der Waals surface area (Å²) in [5, 5.41) is 10.8. The Morgan fingerprint density at radius 3 is 2.35 bits per heavy atom. The minimum atomic E-state index is -1.38. The Morgan fingerprint density at radius 2 is 1.65 bits per heavy atom. The molecular weight excluding hydrogens is 582 g/mol. The molecule has 1 unspecified atom stereocenters. The number of aliphatic hydroxyl groups excluding tert-OH is 1. The first-order chi connectivity index (χ1) is 22.3. The number of nitrogens with zero attached hydrogens (tertiary/aromatic N) is 3. The first kappa shape index (κ1) is 32.0. The van der Waals surface area contributed by atoms with E-state index >= 15 is 0 Å². The molecule has 2 saturated heterocycles. The van der Waals surface area contributed by atoms with Crippen LogP contribution in [-0.4, -0.2) is 88.8 Å². The van der Waals surface area contributed by atoms with Gasteiger partial charge in [-0.2, -0.15) is 0 Å². The number of fused-ring (bicyclic) bond motifs is 2. The molecule has 2 aromatic rings. The Kier molecular flexibility index (Phi) is 9.08. The monoisotopic (exact) mass is 627 g/mol. The molecule has 6 rings (SSSR count). The third kappa shape index (κ3) is 5.43. The third-order valence-corrected chi connectivity index (χ3v) is 9.99. The number of anilines is 1. The van der Waals surface area contributed by atoms with E-state index in [0.717, 1.165) is 24.8 Å². The maximum absolute atomic E-state index is 14.9. The second kappa shape index (κ2) is 13.0. The van der Waals surface area contributed by atoms with Gasteiger partial charge in [-0.15, -0.1) is 0 Å². The van der Waals surface area contributed by atoms with Gasteiger partial charge in [-0.1, -0.05) is 74.4 Å². The van der Waals surface area contributed by atoms with Gasteiger partial charge < -0.3 is 29.3 Å². The molecule has 2 fully saturated rings. The lowest BCUT2D eigenvalue weighted by atomic mass is 9.74. The molecule has 6 atom stereocenters. The van der Waals surface area contributed by atoms with E-state index in [1.54, 1.807) is 14.7 Å². The van der Waals surface area contributed by atoms with Crippen LogP contribution in [0.25, 0.3) is 0 Å². The highest BCUT2D eigenvalue weighted by Gasteiger charge is 2.75. The predicted octanol–water partition coefficient (Wildman–Crippen LogP) is 4.15. The smallest absolute Gasteiger partial charge is 0.249 e. The fourth-order valence-electron chi connectivity index (χ4n) is 7.91. The van der Waals surface area contributed by atoms with Crippen molar-refractivity contribution in [3.8, 4) is 5.75 Å². The normalized spacial score (nSPS) is 29.3. The predicted molar refractivity (Wildman–Crippen MR) is 175 cm³/mol. The van der Waals surface area contributed by atoms with Gasteiger partial charge in [0.25, 0.3) is 0 Å². The van der Waals surface area contributed by atoms with Crippen molar-refractivity contribution < 1.29 is 29.0 Å². The van der Waals surface area contributed by atoms with Gasteiger partial charge in [-0.05, 0) is 56.5 Å². The molecule has 9 nitrogen and oxygen atoms in total. The summed E-state index contributed by atoms with van der Waals surface area (Å²) in [6, 6.07) is 15.3. The zero-order valence-electron chi connectivity index (χ0n) is 27.0. The lowest BCUT2D eigenvalue weighted by Crippen LogP contribution is -2.59. The van der Waals surface area contributed by atoms with Gasteiger partial charge in [0, 0.05) is 25.3 Å². The van der Waals surface area contributed by atoms with Crippen molar-refractivity contribution in [3.05, 3.63) is 84.5 Å². The Hall–Kier alpha value is -3.95. The number of carbonyl (C=O) groups is 3. The maximum Gasteiger partial charge on any atom is 0.249 e. The van der Waals surface area contributed by atoms with Crippen LogP contribution in [0.15, 0.2) is 78.9 Å². The molecule has 244 valence electrons. The summed E-state index contributed by atoms with van der Waals surface area (Å²) in [6.07, 6.45) is 10.8. The quantitative estimate of drug-likeness (QED) is 0.297. The van der Waals surface area contributed by atoms with E-state index in [-0.39, 0.29) is 24.3 Å². The van der Waals surface area contributed by atoms with E-state index in [1.807, 2.05) is 92.7 Å². The van der Waals surface area contributed by atoms with Crippen molar-refractivity contribution in [1.29, 1.82) is 0 Å². The van der Waals surface area contributed by atoms with E-state index in [1.165, 1.54) is 0 Å². The van der Waals surface area contributed by atoms with Crippen LogP contribution in [0.1, 0.15) is 45.6 Å². The zero-order chi connectivity index (χ0) is 32.5. The Labute approximate surface area is 271 Å². The van der Waals surface area contributed by atoms with Gasteiger partial charge in [0.15, 0.2) is 0 Å². The summed E-state index contributed by atoms with van der Waals surface area (Å²) < 4.78 is 12.6. The van der Waals surface area contributed by atoms with E-state index in [0.29, 0.717) is 44.1 Å².